The maximum Gasteiger partial charge on any atom is 0.335 e. The van der Waals surface area contributed by atoms with Crippen LogP contribution < -0.4 is 10.1 Å². The highest BCUT2D eigenvalue weighted by Gasteiger charge is 2.21. The molecule has 0 spiro atoms. The van der Waals surface area contributed by atoms with Gasteiger partial charge >= 0.3 is 5.97 Å². The molecule has 21 heavy (non-hydrogen) atoms. The van der Waals surface area contributed by atoms with Gasteiger partial charge in [0.15, 0.2) is 0 Å². The number of carboxylic acid groups (broad SMARTS) is 1. The third-order valence-electron chi connectivity index (χ3n) is 3.93. The van der Waals surface area contributed by atoms with Crippen LogP contribution in [0.2, 0.25) is 0 Å². The van der Waals surface area contributed by atoms with Crippen LogP contribution in [0.5, 0.6) is 5.75 Å². The quantitative estimate of drug-likeness (QED) is 0.716. The monoisotopic (exact) mass is 292 g/mol. The number of hydrogen-bond donors (Lipinski definition) is 2. The topological polar surface area (TPSA) is 61.8 Å². The Morgan fingerprint density at radius 3 is 2.86 bits per heavy atom. The summed E-state index contributed by atoms with van der Waals surface area (Å²) >= 11 is 0. The Morgan fingerprint density at radius 2 is 2.19 bits per heavy atom. The van der Waals surface area contributed by atoms with Crippen LogP contribution in [0, 0.1) is 0 Å². The minimum absolute atomic E-state index is 0.279. The molecule has 0 aliphatic carbocycles. The maximum atomic E-state index is 10.7. The van der Waals surface area contributed by atoms with Gasteiger partial charge in [0.1, 0.15) is 12.4 Å². The molecule has 0 saturated carbocycles. The number of rotatable bonds is 8. The number of nitrogens with zero attached hydrogens (tertiary/aromatic N) is 1. The number of carboxylic acids is 1. The lowest BCUT2D eigenvalue weighted by molar-refractivity contribution is 0.0697. The van der Waals surface area contributed by atoms with Gasteiger partial charge in [0.25, 0.3) is 0 Å². The lowest BCUT2D eigenvalue weighted by atomic mass is 10.2. The largest absolute Gasteiger partial charge is 0.492 e. The van der Waals surface area contributed by atoms with E-state index in [1.807, 2.05) is 0 Å². The standard InChI is InChI=1S/C16H24N2O3/c1-2-18-10-3-4-14(18)12-17-9-11-21-15-7-5-13(6-8-15)16(19)20/h5-8,14,17H,2-4,9-12H2,1H3,(H,19,20). The number of likely N-dealkylation sites (tertiary alicyclic amines) is 1. The van der Waals surface area contributed by atoms with Crippen molar-refractivity contribution in [2.75, 3.05) is 32.8 Å². The maximum absolute atomic E-state index is 10.7. The summed E-state index contributed by atoms with van der Waals surface area (Å²) in [5, 5.41) is 12.2. The molecule has 0 radical (unpaired) electrons. The first-order valence-electron chi connectivity index (χ1n) is 7.61. The predicted octanol–water partition coefficient (Wildman–Crippen LogP) is 1.84. The summed E-state index contributed by atoms with van der Waals surface area (Å²) in [6.07, 6.45) is 2.57. The molecule has 1 aromatic rings. The molecule has 1 fully saturated rings. The summed E-state index contributed by atoms with van der Waals surface area (Å²) in [5.74, 6) is -0.210. The molecule has 1 aliphatic heterocycles. The second-order valence-corrected chi connectivity index (χ2v) is 5.31. The Hall–Kier alpha value is -1.59. The first-order valence-corrected chi connectivity index (χ1v) is 7.61. The average Bonchev–Trinajstić information content (AvgIpc) is 2.95. The highest BCUT2D eigenvalue weighted by atomic mass is 16.5. The van der Waals surface area contributed by atoms with Crippen LogP contribution in [0.25, 0.3) is 0 Å². The Kier molecular flexibility index (Phi) is 6.02. The molecule has 2 N–H and O–H groups in total. The summed E-state index contributed by atoms with van der Waals surface area (Å²) in [6.45, 7) is 6.95. The molecule has 1 atom stereocenters. The normalized spacial score (nSPS) is 18.8. The molecule has 116 valence electrons. The second kappa shape index (κ2) is 8.00. The van der Waals surface area contributed by atoms with Gasteiger partial charge in [-0.2, -0.15) is 0 Å². The molecule has 1 aliphatic rings. The fourth-order valence-electron chi connectivity index (χ4n) is 2.75. The zero-order valence-corrected chi connectivity index (χ0v) is 12.5. The van der Waals surface area contributed by atoms with Crippen molar-refractivity contribution in [3.63, 3.8) is 0 Å². The lowest BCUT2D eigenvalue weighted by Gasteiger charge is -2.22. The van der Waals surface area contributed by atoms with E-state index in [0.29, 0.717) is 18.4 Å². The molecule has 5 heteroatoms. The van der Waals surface area contributed by atoms with Crippen molar-refractivity contribution in [1.82, 2.24) is 10.2 Å². The highest BCUT2D eigenvalue weighted by Crippen LogP contribution is 2.15. The van der Waals surface area contributed by atoms with Gasteiger partial charge in [0.2, 0.25) is 0 Å². The number of aromatic carboxylic acids is 1. The van der Waals surface area contributed by atoms with Gasteiger partial charge in [-0.3, -0.25) is 4.90 Å². The Labute approximate surface area is 125 Å². The zero-order chi connectivity index (χ0) is 15.1. The lowest BCUT2D eigenvalue weighted by Crippen LogP contribution is -2.38. The summed E-state index contributed by atoms with van der Waals surface area (Å²) in [6, 6.07) is 7.16. The van der Waals surface area contributed by atoms with Gasteiger partial charge in [-0.1, -0.05) is 6.92 Å². The van der Waals surface area contributed by atoms with Gasteiger partial charge in [-0.05, 0) is 50.2 Å². The van der Waals surface area contributed by atoms with Crippen LogP contribution in [-0.2, 0) is 0 Å². The molecule has 2 rings (SSSR count). The van der Waals surface area contributed by atoms with Crippen molar-refractivity contribution in [3.8, 4) is 5.75 Å². The van der Waals surface area contributed by atoms with Crippen LogP contribution in [0.1, 0.15) is 30.1 Å². The summed E-state index contributed by atoms with van der Waals surface area (Å²) in [7, 11) is 0. The summed E-state index contributed by atoms with van der Waals surface area (Å²) in [4.78, 5) is 13.2. The molecule has 1 unspecified atom stereocenters. The first-order chi connectivity index (χ1) is 10.2. The molecule has 1 aromatic carbocycles. The minimum Gasteiger partial charge on any atom is -0.492 e. The zero-order valence-electron chi connectivity index (χ0n) is 12.5. The molecule has 0 amide bonds. The van der Waals surface area contributed by atoms with Crippen LogP contribution >= 0.6 is 0 Å². The molecular formula is C16H24N2O3. The molecule has 0 aromatic heterocycles. The van der Waals surface area contributed by atoms with Gasteiger partial charge < -0.3 is 15.2 Å². The van der Waals surface area contributed by atoms with Crippen molar-refractivity contribution < 1.29 is 14.6 Å². The van der Waals surface area contributed by atoms with E-state index in [1.54, 1.807) is 24.3 Å². The Bertz CT molecular complexity index is 447. The van der Waals surface area contributed by atoms with Crippen LogP contribution in [0.3, 0.4) is 0 Å². The number of hydrogen-bond acceptors (Lipinski definition) is 4. The van der Waals surface area contributed by atoms with E-state index in [9.17, 15) is 4.79 Å². The van der Waals surface area contributed by atoms with E-state index >= 15 is 0 Å². The fourth-order valence-corrected chi connectivity index (χ4v) is 2.75. The summed E-state index contributed by atoms with van der Waals surface area (Å²) in [5.41, 5.74) is 0.279. The number of ether oxygens (including phenoxy) is 1. The molecular weight excluding hydrogens is 268 g/mol. The summed E-state index contributed by atoms with van der Waals surface area (Å²) < 4.78 is 5.59. The predicted molar refractivity (Wildman–Crippen MR) is 82.0 cm³/mol. The number of benzene rings is 1. The van der Waals surface area contributed by atoms with E-state index in [-0.39, 0.29) is 5.56 Å². The van der Waals surface area contributed by atoms with Gasteiger partial charge in [0.05, 0.1) is 5.56 Å². The number of carbonyl (C=O) groups is 1. The Balaban J connectivity index is 1.62. The average molecular weight is 292 g/mol. The van der Waals surface area contributed by atoms with Crippen molar-refractivity contribution in [2.24, 2.45) is 0 Å². The van der Waals surface area contributed by atoms with E-state index in [2.05, 4.69) is 17.1 Å². The molecule has 5 nitrogen and oxygen atoms in total. The van der Waals surface area contributed by atoms with Crippen molar-refractivity contribution in [2.45, 2.75) is 25.8 Å². The van der Waals surface area contributed by atoms with Gasteiger partial charge in [0, 0.05) is 19.1 Å². The van der Waals surface area contributed by atoms with E-state index in [1.165, 1.54) is 19.4 Å². The minimum atomic E-state index is -0.916. The molecule has 0 bridgehead atoms. The van der Waals surface area contributed by atoms with Gasteiger partial charge in [-0.25, -0.2) is 4.79 Å². The van der Waals surface area contributed by atoms with Crippen molar-refractivity contribution >= 4 is 5.97 Å². The Morgan fingerprint density at radius 1 is 1.43 bits per heavy atom. The molecule has 1 saturated heterocycles. The fraction of sp³-hybridized carbons (Fsp3) is 0.562. The SMILES string of the molecule is CCN1CCCC1CNCCOc1ccc(C(=O)O)cc1. The van der Waals surface area contributed by atoms with Crippen molar-refractivity contribution in [1.29, 1.82) is 0 Å². The first kappa shape index (κ1) is 15.8. The number of nitrogens with one attached hydrogen (secondary N) is 1. The van der Waals surface area contributed by atoms with Crippen LogP contribution in [0.4, 0.5) is 0 Å². The van der Waals surface area contributed by atoms with Crippen LogP contribution in [-0.4, -0.2) is 54.8 Å². The van der Waals surface area contributed by atoms with E-state index in [4.69, 9.17) is 9.84 Å². The highest BCUT2D eigenvalue weighted by molar-refractivity contribution is 5.87. The third kappa shape index (κ3) is 4.72. The van der Waals surface area contributed by atoms with E-state index in [0.717, 1.165) is 19.6 Å². The van der Waals surface area contributed by atoms with E-state index < -0.39 is 5.97 Å². The third-order valence-corrected chi connectivity index (χ3v) is 3.93. The van der Waals surface area contributed by atoms with Gasteiger partial charge in [-0.15, -0.1) is 0 Å². The van der Waals surface area contributed by atoms with Crippen LogP contribution in [0.15, 0.2) is 24.3 Å². The second-order valence-electron chi connectivity index (χ2n) is 5.31. The molecule has 1 heterocycles. The smallest absolute Gasteiger partial charge is 0.335 e. The number of likely N-dealkylation sites (N-methyl/N-ethyl adjacent to an activating group) is 1. The van der Waals surface area contributed by atoms with Crippen molar-refractivity contribution in [3.05, 3.63) is 29.8 Å².